The molecular formula is C19H15FN4O2. The van der Waals surface area contributed by atoms with Crippen LogP contribution in [-0.4, -0.2) is 19.9 Å². The summed E-state index contributed by atoms with van der Waals surface area (Å²) in [5.41, 5.74) is 2.32. The van der Waals surface area contributed by atoms with Crippen molar-refractivity contribution in [2.24, 2.45) is 0 Å². The number of hydrogen-bond donors (Lipinski definition) is 1. The average Bonchev–Trinajstić information content (AvgIpc) is 3.00. The van der Waals surface area contributed by atoms with Gasteiger partial charge in [0, 0.05) is 17.4 Å². The predicted octanol–water partition coefficient (Wildman–Crippen LogP) is 2.74. The minimum Gasteiger partial charge on any atom is -0.325 e. The quantitative estimate of drug-likeness (QED) is 0.618. The second-order valence-electron chi connectivity index (χ2n) is 6.00. The third kappa shape index (κ3) is 2.73. The number of benzene rings is 2. The van der Waals surface area contributed by atoms with E-state index in [-0.39, 0.29) is 23.8 Å². The van der Waals surface area contributed by atoms with Gasteiger partial charge in [0.05, 0.1) is 11.0 Å². The Hall–Kier alpha value is -3.48. The number of nitrogens with one attached hydrogen (secondary N) is 1. The minimum absolute atomic E-state index is 0.0175. The van der Waals surface area contributed by atoms with Crippen molar-refractivity contribution in [3.05, 3.63) is 76.5 Å². The molecule has 0 bridgehead atoms. The van der Waals surface area contributed by atoms with Crippen molar-refractivity contribution in [2.75, 3.05) is 5.32 Å². The van der Waals surface area contributed by atoms with E-state index in [1.54, 1.807) is 11.5 Å². The van der Waals surface area contributed by atoms with Crippen LogP contribution < -0.4 is 10.9 Å². The van der Waals surface area contributed by atoms with Gasteiger partial charge in [0.2, 0.25) is 11.7 Å². The third-order valence-corrected chi connectivity index (χ3v) is 4.19. The van der Waals surface area contributed by atoms with Gasteiger partial charge in [0.1, 0.15) is 12.4 Å². The molecule has 0 saturated carbocycles. The zero-order valence-corrected chi connectivity index (χ0v) is 13.9. The van der Waals surface area contributed by atoms with Gasteiger partial charge in [0.15, 0.2) is 0 Å². The van der Waals surface area contributed by atoms with Gasteiger partial charge in [-0.05, 0) is 43.3 Å². The van der Waals surface area contributed by atoms with Crippen LogP contribution in [0.2, 0.25) is 0 Å². The topological polar surface area (TPSA) is 68.4 Å². The lowest BCUT2D eigenvalue weighted by Gasteiger charge is -2.12. The van der Waals surface area contributed by atoms with Crippen molar-refractivity contribution in [3.63, 3.8) is 0 Å². The molecule has 6 nitrogen and oxygen atoms in total. The van der Waals surface area contributed by atoms with Crippen LogP contribution in [0.5, 0.6) is 0 Å². The second-order valence-corrected chi connectivity index (χ2v) is 6.00. The van der Waals surface area contributed by atoms with E-state index in [2.05, 4.69) is 10.3 Å². The number of imidazole rings is 1. The number of aryl methyl sites for hydroxylation is 1. The lowest BCUT2D eigenvalue weighted by molar-refractivity contribution is -0.116. The summed E-state index contributed by atoms with van der Waals surface area (Å²) in [6.07, 6.45) is 0. The smallest absolute Gasteiger partial charge is 0.259 e. The molecule has 7 heteroatoms. The first-order valence-corrected chi connectivity index (χ1v) is 8.06. The van der Waals surface area contributed by atoms with Crippen molar-refractivity contribution in [1.82, 2.24) is 14.0 Å². The van der Waals surface area contributed by atoms with Gasteiger partial charge in [0.25, 0.3) is 5.56 Å². The zero-order valence-electron chi connectivity index (χ0n) is 13.9. The Morgan fingerprint density at radius 1 is 1.15 bits per heavy atom. The maximum atomic E-state index is 13.0. The highest BCUT2D eigenvalue weighted by atomic mass is 19.1. The summed E-state index contributed by atoms with van der Waals surface area (Å²) in [7, 11) is 0. The lowest BCUT2D eigenvalue weighted by atomic mass is 10.3. The van der Waals surface area contributed by atoms with E-state index in [0.717, 1.165) is 0 Å². The number of para-hydroxylation sites is 2. The van der Waals surface area contributed by atoms with Crippen molar-refractivity contribution in [2.45, 2.75) is 13.5 Å². The Morgan fingerprint density at radius 2 is 1.88 bits per heavy atom. The molecule has 130 valence electrons. The molecule has 0 aliphatic heterocycles. The van der Waals surface area contributed by atoms with Gasteiger partial charge >= 0.3 is 0 Å². The normalized spacial score (nSPS) is 11.2. The van der Waals surface area contributed by atoms with Crippen LogP contribution in [0.25, 0.3) is 16.8 Å². The molecule has 0 spiro atoms. The van der Waals surface area contributed by atoms with Crippen molar-refractivity contribution in [3.8, 4) is 0 Å². The molecule has 0 aliphatic carbocycles. The van der Waals surface area contributed by atoms with E-state index in [9.17, 15) is 14.0 Å². The first kappa shape index (κ1) is 16.0. The molecule has 2 aromatic heterocycles. The summed E-state index contributed by atoms with van der Waals surface area (Å²) in [5, 5.41) is 2.72. The van der Waals surface area contributed by atoms with Crippen LogP contribution in [0.1, 0.15) is 5.69 Å². The van der Waals surface area contributed by atoms with Crippen molar-refractivity contribution >= 4 is 28.4 Å². The number of amides is 1. The Bertz CT molecular complexity index is 1190. The van der Waals surface area contributed by atoms with Gasteiger partial charge in [-0.2, -0.15) is 0 Å². The van der Waals surface area contributed by atoms with Crippen LogP contribution >= 0.6 is 0 Å². The maximum absolute atomic E-state index is 13.0. The van der Waals surface area contributed by atoms with Crippen molar-refractivity contribution in [1.29, 1.82) is 0 Å². The van der Waals surface area contributed by atoms with E-state index in [4.69, 9.17) is 0 Å². The molecule has 0 unspecified atom stereocenters. The molecule has 1 amide bonds. The van der Waals surface area contributed by atoms with Gasteiger partial charge in [-0.3, -0.25) is 9.59 Å². The number of hydrogen-bond acceptors (Lipinski definition) is 3. The summed E-state index contributed by atoms with van der Waals surface area (Å²) < 4.78 is 16.2. The van der Waals surface area contributed by atoms with Crippen LogP contribution in [0, 0.1) is 12.7 Å². The molecule has 2 aromatic carbocycles. The number of anilines is 1. The van der Waals surface area contributed by atoms with Crippen LogP contribution in [0.4, 0.5) is 10.1 Å². The van der Waals surface area contributed by atoms with Gasteiger partial charge in [-0.25, -0.2) is 13.8 Å². The molecule has 0 radical (unpaired) electrons. The standard InChI is InChI=1S/C19H15FN4O2/c1-12-10-18(26)24-16-5-3-2-4-15(16)22-19(24)23(12)11-17(25)21-14-8-6-13(20)7-9-14/h2-10H,11H2,1H3,(H,21,25). The fourth-order valence-corrected chi connectivity index (χ4v) is 2.96. The van der Waals surface area contributed by atoms with Gasteiger partial charge in [-0.1, -0.05) is 12.1 Å². The van der Waals surface area contributed by atoms with E-state index >= 15 is 0 Å². The molecule has 0 fully saturated rings. The molecule has 0 saturated heterocycles. The summed E-state index contributed by atoms with van der Waals surface area (Å²) in [6.45, 7) is 1.74. The summed E-state index contributed by atoms with van der Waals surface area (Å²) in [4.78, 5) is 29.3. The van der Waals surface area contributed by atoms with Crippen LogP contribution in [0.3, 0.4) is 0 Å². The van der Waals surface area contributed by atoms with E-state index in [1.807, 2.05) is 24.3 Å². The van der Waals surface area contributed by atoms with Crippen LogP contribution in [-0.2, 0) is 11.3 Å². The molecule has 0 atom stereocenters. The largest absolute Gasteiger partial charge is 0.325 e. The fourth-order valence-electron chi connectivity index (χ4n) is 2.96. The Balaban J connectivity index is 1.75. The van der Waals surface area contributed by atoms with E-state index in [1.165, 1.54) is 34.7 Å². The summed E-state index contributed by atoms with van der Waals surface area (Å²) >= 11 is 0. The fraction of sp³-hybridized carbons (Fsp3) is 0.105. The Kier molecular flexibility index (Phi) is 3.76. The highest BCUT2D eigenvalue weighted by Crippen LogP contribution is 2.16. The second kappa shape index (κ2) is 6.11. The van der Waals surface area contributed by atoms with Gasteiger partial charge in [-0.15, -0.1) is 0 Å². The first-order chi connectivity index (χ1) is 12.5. The maximum Gasteiger partial charge on any atom is 0.259 e. The molecular weight excluding hydrogens is 335 g/mol. The number of halogens is 1. The number of rotatable bonds is 3. The van der Waals surface area contributed by atoms with Gasteiger partial charge < -0.3 is 9.88 Å². The highest BCUT2D eigenvalue weighted by Gasteiger charge is 2.14. The van der Waals surface area contributed by atoms with Crippen molar-refractivity contribution < 1.29 is 9.18 Å². The molecule has 1 N–H and O–H groups in total. The van der Waals surface area contributed by atoms with E-state index in [0.29, 0.717) is 28.2 Å². The first-order valence-electron chi connectivity index (χ1n) is 8.06. The predicted molar refractivity (Wildman–Crippen MR) is 96.7 cm³/mol. The molecule has 2 heterocycles. The SMILES string of the molecule is Cc1cc(=O)n2c3ccccc3nc2n1CC(=O)Nc1ccc(F)cc1. The Morgan fingerprint density at radius 3 is 2.65 bits per heavy atom. The average molecular weight is 350 g/mol. The third-order valence-electron chi connectivity index (χ3n) is 4.19. The monoisotopic (exact) mass is 350 g/mol. The molecule has 4 rings (SSSR count). The summed E-state index contributed by atoms with van der Waals surface area (Å²) in [6, 6.07) is 14.3. The number of carbonyl (C=O) groups excluding carboxylic acids is 1. The number of nitrogens with zero attached hydrogens (tertiary/aromatic N) is 3. The molecule has 0 aliphatic rings. The van der Waals surface area contributed by atoms with E-state index < -0.39 is 0 Å². The Labute approximate surface area is 147 Å². The number of aromatic nitrogens is 3. The highest BCUT2D eigenvalue weighted by molar-refractivity contribution is 5.91. The minimum atomic E-state index is -0.370. The zero-order chi connectivity index (χ0) is 18.3. The molecule has 4 aromatic rings. The number of fused-ring (bicyclic) bond motifs is 3. The number of carbonyl (C=O) groups is 1. The molecule has 26 heavy (non-hydrogen) atoms. The van der Waals surface area contributed by atoms with Crippen LogP contribution in [0.15, 0.2) is 59.4 Å². The summed E-state index contributed by atoms with van der Waals surface area (Å²) in [5.74, 6) is -0.257. The lowest BCUT2D eigenvalue weighted by Crippen LogP contribution is -2.25.